The summed E-state index contributed by atoms with van der Waals surface area (Å²) in [5, 5.41) is 5.76. The molecule has 0 aliphatic rings. The normalized spacial score (nSPS) is 10.5. The van der Waals surface area contributed by atoms with Crippen molar-refractivity contribution < 1.29 is 9.59 Å². The molecule has 6 heteroatoms. The smallest absolute Gasteiger partial charge is 0.255 e. The highest BCUT2D eigenvalue weighted by atomic mass is 16.2. The average Bonchev–Trinajstić information content (AvgIpc) is 3.32. The summed E-state index contributed by atoms with van der Waals surface area (Å²) in [5.74, 6) is -0.499. The number of rotatable bonds is 7. The lowest BCUT2D eigenvalue weighted by Gasteiger charge is -2.12. The number of para-hydroxylation sites is 1. The highest BCUT2D eigenvalue weighted by molar-refractivity contribution is 6.08. The van der Waals surface area contributed by atoms with Crippen LogP contribution in [-0.4, -0.2) is 21.4 Å². The van der Waals surface area contributed by atoms with Crippen molar-refractivity contribution in [1.82, 2.24) is 14.9 Å². The second-order valence-electron chi connectivity index (χ2n) is 7.10. The zero-order valence-electron chi connectivity index (χ0n) is 16.9. The van der Waals surface area contributed by atoms with Gasteiger partial charge in [0.05, 0.1) is 17.6 Å². The number of anilines is 1. The maximum absolute atomic E-state index is 12.8. The van der Waals surface area contributed by atoms with E-state index < -0.39 is 0 Å². The Kier molecular flexibility index (Phi) is 6.18. The Hall–Kier alpha value is -4.19. The van der Waals surface area contributed by atoms with Crippen molar-refractivity contribution in [2.24, 2.45) is 0 Å². The van der Waals surface area contributed by atoms with E-state index in [0.29, 0.717) is 23.4 Å². The fourth-order valence-electron chi connectivity index (χ4n) is 3.21. The van der Waals surface area contributed by atoms with E-state index in [1.54, 1.807) is 61.1 Å². The second-order valence-corrected chi connectivity index (χ2v) is 7.10. The first-order valence-electron chi connectivity index (χ1n) is 9.96. The molecule has 0 atom stereocenters. The Labute approximate surface area is 180 Å². The molecule has 0 aliphatic carbocycles. The number of carbonyl (C=O) groups is 2. The van der Waals surface area contributed by atoms with Gasteiger partial charge >= 0.3 is 0 Å². The summed E-state index contributed by atoms with van der Waals surface area (Å²) in [5.41, 5.74) is 3.58. The van der Waals surface area contributed by atoms with Crippen LogP contribution in [0, 0.1) is 0 Å². The van der Waals surface area contributed by atoms with Gasteiger partial charge in [-0.15, -0.1) is 0 Å². The van der Waals surface area contributed by atoms with E-state index in [1.165, 1.54) is 0 Å². The van der Waals surface area contributed by atoms with Crippen LogP contribution < -0.4 is 10.6 Å². The standard InChI is InChI=1S/C25H22N4O2/c30-24(21-6-2-1-3-7-21)28-23-9-5-4-8-22(23)25(31)27-16-19-10-12-20(13-11-19)17-29-15-14-26-18-29/h1-15,18H,16-17H2,(H,27,31)(H,28,30). The van der Waals surface area contributed by atoms with Crippen molar-refractivity contribution in [2.75, 3.05) is 5.32 Å². The largest absolute Gasteiger partial charge is 0.348 e. The Balaban J connectivity index is 1.38. The van der Waals surface area contributed by atoms with Crippen molar-refractivity contribution in [3.8, 4) is 0 Å². The first-order valence-corrected chi connectivity index (χ1v) is 9.96. The highest BCUT2D eigenvalue weighted by Gasteiger charge is 2.13. The lowest BCUT2D eigenvalue weighted by Crippen LogP contribution is -2.24. The van der Waals surface area contributed by atoms with Gasteiger partial charge in [0.25, 0.3) is 11.8 Å². The Morgan fingerprint density at radius 3 is 2.26 bits per heavy atom. The fraction of sp³-hybridized carbons (Fsp3) is 0.0800. The zero-order valence-corrected chi connectivity index (χ0v) is 16.9. The van der Waals surface area contributed by atoms with Crippen LogP contribution in [0.3, 0.4) is 0 Å². The molecule has 4 rings (SSSR count). The lowest BCUT2D eigenvalue weighted by atomic mass is 10.1. The van der Waals surface area contributed by atoms with Crippen LogP contribution in [0.4, 0.5) is 5.69 Å². The Bertz CT molecular complexity index is 1150. The number of nitrogens with one attached hydrogen (secondary N) is 2. The maximum atomic E-state index is 12.8. The number of carbonyl (C=O) groups excluding carboxylic acids is 2. The molecule has 0 radical (unpaired) electrons. The van der Waals surface area contributed by atoms with Gasteiger partial charge in [0, 0.05) is 31.0 Å². The monoisotopic (exact) mass is 410 g/mol. The zero-order chi connectivity index (χ0) is 21.5. The first-order chi connectivity index (χ1) is 15.2. The molecule has 6 nitrogen and oxygen atoms in total. The van der Waals surface area contributed by atoms with Crippen molar-refractivity contribution in [3.63, 3.8) is 0 Å². The molecule has 0 unspecified atom stereocenters. The minimum Gasteiger partial charge on any atom is -0.348 e. The third-order valence-electron chi connectivity index (χ3n) is 4.86. The van der Waals surface area contributed by atoms with E-state index in [2.05, 4.69) is 15.6 Å². The minimum atomic E-state index is -0.255. The van der Waals surface area contributed by atoms with Gasteiger partial charge in [-0.25, -0.2) is 4.98 Å². The predicted molar refractivity (Wildman–Crippen MR) is 120 cm³/mol. The van der Waals surface area contributed by atoms with Crippen molar-refractivity contribution in [1.29, 1.82) is 0 Å². The number of amides is 2. The van der Waals surface area contributed by atoms with Gasteiger partial charge in [-0.05, 0) is 35.4 Å². The number of aromatic nitrogens is 2. The molecule has 0 spiro atoms. The van der Waals surface area contributed by atoms with Gasteiger partial charge in [0.1, 0.15) is 0 Å². The van der Waals surface area contributed by atoms with Crippen LogP contribution in [0.2, 0.25) is 0 Å². The van der Waals surface area contributed by atoms with E-state index in [4.69, 9.17) is 0 Å². The van der Waals surface area contributed by atoms with E-state index in [1.807, 2.05) is 41.1 Å². The molecule has 1 heterocycles. The van der Waals surface area contributed by atoms with Crippen LogP contribution >= 0.6 is 0 Å². The molecule has 0 bridgehead atoms. The molecule has 0 saturated heterocycles. The summed E-state index contributed by atoms with van der Waals surface area (Å²) in [4.78, 5) is 29.3. The van der Waals surface area contributed by atoms with Crippen molar-refractivity contribution in [2.45, 2.75) is 13.1 Å². The maximum Gasteiger partial charge on any atom is 0.255 e. The van der Waals surface area contributed by atoms with E-state index in [9.17, 15) is 9.59 Å². The number of hydrogen-bond acceptors (Lipinski definition) is 3. The van der Waals surface area contributed by atoms with Crippen LogP contribution in [-0.2, 0) is 13.1 Å². The van der Waals surface area contributed by atoms with Crippen LogP contribution in [0.15, 0.2) is 97.6 Å². The molecule has 3 aromatic carbocycles. The summed E-state index contributed by atoms with van der Waals surface area (Å²) in [7, 11) is 0. The summed E-state index contributed by atoms with van der Waals surface area (Å²) in [6, 6.07) is 24.0. The van der Waals surface area contributed by atoms with Gasteiger partial charge < -0.3 is 15.2 Å². The van der Waals surface area contributed by atoms with Crippen LogP contribution in [0.25, 0.3) is 0 Å². The third-order valence-corrected chi connectivity index (χ3v) is 4.86. The van der Waals surface area contributed by atoms with E-state index in [0.717, 1.165) is 17.7 Å². The fourth-order valence-corrected chi connectivity index (χ4v) is 3.21. The molecule has 0 saturated carbocycles. The molecule has 1 aromatic heterocycles. The highest BCUT2D eigenvalue weighted by Crippen LogP contribution is 2.17. The number of imidazole rings is 1. The van der Waals surface area contributed by atoms with Gasteiger partial charge in [-0.1, -0.05) is 54.6 Å². The van der Waals surface area contributed by atoms with Crippen LogP contribution in [0.1, 0.15) is 31.8 Å². The van der Waals surface area contributed by atoms with Gasteiger partial charge in [-0.3, -0.25) is 9.59 Å². The molecule has 2 amide bonds. The number of benzene rings is 3. The number of hydrogen-bond donors (Lipinski definition) is 2. The third kappa shape index (κ3) is 5.25. The quantitative estimate of drug-likeness (QED) is 0.481. The van der Waals surface area contributed by atoms with Gasteiger partial charge in [0.15, 0.2) is 0 Å². The van der Waals surface area contributed by atoms with Gasteiger partial charge in [0.2, 0.25) is 0 Å². The lowest BCUT2D eigenvalue weighted by molar-refractivity contribution is 0.0952. The van der Waals surface area contributed by atoms with E-state index >= 15 is 0 Å². The molecule has 0 fully saturated rings. The Morgan fingerprint density at radius 1 is 0.806 bits per heavy atom. The first kappa shape index (κ1) is 20.1. The van der Waals surface area contributed by atoms with E-state index in [-0.39, 0.29) is 11.8 Å². The average molecular weight is 410 g/mol. The minimum absolute atomic E-state index is 0.244. The molecule has 31 heavy (non-hydrogen) atoms. The predicted octanol–water partition coefficient (Wildman–Crippen LogP) is 4.11. The number of nitrogens with zero attached hydrogens (tertiary/aromatic N) is 2. The molecule has 0 aliphatic heterocycles. The van der Waals surface area contributed by atoms with Crippen LogP contribution in [0.5, 0.6) is 0 Å². The summed E-state index contributed by atoms with van der Waals surface area (Å²) in [6.07, 6.45) is 5.45. The molecule has 4 aromatic rings. The summed E-state index contributed by atoms with van der Waals surface area (Å²) in [6.45, 7) is 1.15. The molecule has 154 valence electrons. The summed E-state index contributed by atoms with van der Waals surface area (Å²) >= 11 is 0. The van der Waals surface area contributed by atoms with Crippen molar-refractivity contribution >= 4 is 17.5 Å². The SMILES string of the molecule is O=C(Nc1ccccc1C(=O)NCc1ccc(Cn2ccnc2)cc1)c1ccccc1. The Morgan fingerprint density at radius 2 is 1.52 bits per heavy atom. The molecular weight excluding hydrogens is 388 g/mol. The second kappa shape index (κ2) is 9.54. The van der Waals surface area contributed by atoms with Crippen molar-refractivity contribution in [3.05, 3.63) is 120 Å². The summed E-state index contributed by atoms with van der Waals surface area (Å²) < 4.78 is 2.00. The molecule has 2 N–H and O–H groups in total. The topological polar surface area (TPSA) is 76.0 Å². The molecular formula is C25H22N4O2. The van der Waals surface area contributed by atoms with Gasteiger partial charge in [-0.2, -0.15) is 0 Å².